The minimum atomic E-state index is -0.286. The SMILES string of the molecule is COc1ccc2c(c1)C(=O)N1CSC[C@H]1C(=O)S2. The van der Waals surface area contributed by atoms with Gasteiger partial charge in [-0.2, -0.15) is 0 Å². The first-order chi connectivity index (χ1) is 8.70. The first kappa shape index (κ1) is 11.9. The normalized spacial score (nSPS) is 22.5. The zero-order valence-electron chi connectivity index (χ0n) is 9.71. The van der Waals surface area contributed by atoms with Crippen molar-refractivity contribution in [1.82, 2.24) is 4.90 Å². The van der Waals surface area contributed by atoms with Crippen molar-refractivity contribution in [2.45, 2.75) is 10.9 Å². The van der Waals surface area contributed by atoms with Gasteiger partial charge in [0, 0.05) is 10.6 Å². The quantitative estimate of drug-likeness (QED) is 0.786. The smallest absolute Gasteiger partial charge is 0.256 e. The van der Waals surface area contributed by atoms with Crippen LogP contribution in [-0.2, 0) is 4.79 Å². The average molecular weight is 281 g/mol. The summed E-state index contributed by atoms with van der Waals surface area (Å²) in [5.74, 6) is 1.85. The Kier molecular flexibility index (Phi) is 2.99. The maximum Gasteiger partial charge on any atom is 0.256 e. The minimum absolute atomic E-state index is 0.0530. The molecule has 0 spiro atoms. The number of amides is 1. The van der Waals surface area contributed by atoms with Gasteiger partial charge in [-0.05, 0) is 30.0 Å². The van der Waals surface area contributed by atoms with Crippen LogP contribution in [0, 0.1) is 0 Å². The summed E-state index contributed by atoms with van der Waals surface area (Å²) in [5.41, 5.74) is 0.567. The molecule has 2 aliphatic rings. The van der Waals surface area contributed by atoms with E-state index in [1.54, 1.807) is 42.0 Å². The summed E-state index contributed by atoms with van der Waals surface area (Å²) in [6, 6.07) is 4.98. The molecule has 0 radical (unpaired) electrons. The average Bonchev–Trinajstić information content (AvgIpc) is 2.84. The highest BCUT2D eigenvalue weighted by Gasteiger charge is 2.39. The summed E-state index contributed by atoms with van der Waals surface area (Å²) in [6.45, 7) is 0. The lowest BCUT2D eigenvalue weighted by Gasteiger charge is -2.19. The third-order valence-corrected chi connectivity index (χ3v) is 5.10. The molecule has 0 N–H and O–H groups in total. The van der Waals surface area contributed by atoms with E-state index in [-0.39, 0.29) is 17.1 Å². The molecule has 1 aromatic rings. The molecule has 6 heteroatoms. The fourth-order valence-electron chi connectivity index (χ4n) is 2.06. The third kappa shape index (κ3) is 1.80. The molecule has 1 atom stereocenters. The lowest BCUT2D eigenvalue weighted by molar-refractivity contribution is -0.113. The molecule has 18 heavy (non-hydrogen) atoms. The lowest BCUT2D eigenvalue weighted by atomic mass is 10.1. The van der Waals surface area contributed by atoms with Crippen LogP contribution in [0.5, 0.6) is 5.75 Å². The minimum Gasteiger partial charge on any atom is -0.497 e. The summed E-state index contributed by atoms with van der Waals surface area (Å²) >= 11 is 2.78. The number of carbonyl (C=O) groups excluding carboxylic acids is 2. The van der Waals surface area contributed by atoms with Gasteiger partial charge in [0.1, 0.15) is 11.8 Å². The summed E-state index contributed by atoms with van der Waals surface area (Å²) in [7, 11) is 1.57. The maximum absolute atomic E-state index is 12.4. The predicted molar refractivity (Wildman–Crippen MR) is 71.1 cm³/mol. The van der Waals surface area contributed by atoms with Gasteiger partial charge in [-0.1, -0.05) is 0 Å². The number of ether oxygens (including phenoxy) is 1. The van der Waals surface area contributed by atoms with Crippen LogP contribution >= 0.6 is 23.5 Å². The number of hydrogen-bond donors (Lipinski definition) is 0. The molecule has 1 amide bonds. The molecule has 94 valence electrons. The summed E-state index contributed by atoms with van der Waals surface area (Å²) < 4.78 is 5.14. The first-order valence-electron chi connectivity index (χ1n) is 5.49. The molecular formula is C12H11NO3S2. The van der Waals surface area contributed by atoms with Crippen molar-refractivity contribution in [2.75, 3.05) is 18.7 Å². The van der Waals surface area contributed by atoms with Crippen molar-refractivity contribution in [2.24, 2.45) is 0 Å². The fourth-order valence-corrected chi connectivity index (χ4v) is 4.28. The highest BCUT2D eigenvalue weighted by Crippen LogP contribution is 2.37. The Morgan fingerprint density at radius 3 is 3.00 bits per heavy atom. The molecule has 0 unspecified atom stereocenters. The standard InChI is InChI=1S/C12H11NO3S2/c1-16-7-2-3-10-8(4-7)11(14)13-6-17-5-9(13)12(15)18-10/h2-4,9H,5-6H2,1H3/t9-/m0/s1. The second kappa shape index (κ2) is 4.51. The van der Waals surface area contributed by atoms with Crippen LogP contribution in [-0.4, -0.2) is 40.7 Å². The molecule has 1 fully saturated rings. The van der Waals surface area contributed by atoms with Crippen molar-refractivity contribution in [3.05, 3.63) is 23.8 Å². The molecule has 0 aromatic heterocycles. The van der Waals surface area contributed by atoms with E-state index in [2.05, 4.69) is 0 Å². The Labute approximate surface area is 113 Å². The van der Waals surface area contributed by atoms with Crippen molar-refractivity contribution < 1.29 is 14.3 Å². The monoisotopic (exact) mass is 281 g/mol. The zero-order chi connectivity index (χ0) is 12.7. The van der Waals surface area contributed by atoms with Crippen molar-refractivity contribution in [1.29, 1.82) is 0 Å². The largest absolute Gasteiger partial charge is 0.497 e. The van der Waals surface area contributed by atoms with Crippen LogP contribution in [0.15, 0.2) is 23.1 Å². The second-order valence-corrected chi connectivity index (χ2v) is 6.12. The van der Waals surface area contributed by atoms with Crippen molar-refractivity contribution >= 4 is 34.5 Å². The molecule has 0 saturated carbocycles. The van der Waals surface area contributed by atoms with Crippen LogP contribution in [0.2, 0.25) is 0 Å². The molecule has 1 saturated heterocycles. The molecule has 2 heterocycles. The number of nitrogens with zero attached hydrogens (tertiary/aromatic N) is 1. The van der Waals surface area contributed by atoms with Gasteiger partial charge in [0.2, 0.25) is 5.12 Å². The Bertz CT molecular complexity index is 532. The molecular weight excluding hydrogens is 270 g/mol. The van der Waals surface area contributed by atoms with E-state index in [1.807, 2.05) is 0 Å². The van der Waals surface area contributed by atoms with Crippen molar-refractivity contribution in [3.63, 3.8) is 0 Å². The zero-order valence-corrected chi connectivity index (χ0v) is 11.3. The van der Waals surface area contributed by atoms with E-state index in [9.17, 15) is 9.59 Å². The number of benzene rings is 1. The van der Waals surface area contributed by atoms with E-state index in [4.69, 9.17) is 4.74 Å². The number of thioether (sulfide) groups is 2. The number of methoxy groups -OCH3 is 1. The van der Waals surface area contributed by atoms with Crippen LogP contribution in [0.25, 0.3) is 0 Å². The molecule has 2 aliphatic heterocycles. The summed E-state index contributed by atoms with van der Waals surface area (Å²) in [5, 5.41) is 0.0530. The van der Waals surface area contributed by atoms with Gasteiger partial charge in [-0.3, -0.25) is 9.59 Å². The van der Waals surface area contributed by atoms with E-state index in [0.717, 1.165) is 16.7 Å². The highest BCUT2D eigenvalue weighted by molar-refractivity contribution is 8.14. The van der Waals surface area contributed by atoms with E-state index >= 15 is 0 Å². The Morgan fingerprint density at radius 2 is 2.22 bits per heavy atom. The first-order valence-corrected chi connectivity index (χ1v) is 7.46. The molecule has 3 rings (SSSR count). The summed E-state index contributed by atoms with van der Waals surface area (Å²) in [4.78, 5) is 26.9. The number of hydrogen-bond acceptors (Lipinski definition) is 5. The van der Waals surface area contributed by atoms with Crippen molar-refractivity contribution in [3.8, 4) is 5.75 Å². The molecule has 0 aliphatic carbocycles. The Hall–Kier alpha value is -1.14. The fraction of sp³-hybridized carbons (Fsp3) is 0.333. The Morgan fingerprint density at radius 1 is 1.39 bits per heavy atom. The van der Waals surface area contributed by atoms with Crippen LogP contribution < -0.4 is 4.74 Å². The van der Waals surface area contributed by atoms with Gasteiger partial charge in [-0.15, -0.1) is 11.8 Å². The van der Waals surface area contributed by atoms with E-state index < -0.39 is 0 Å². The predicted octanol–water partition coefficient (Wildman–Crippen LogP) is 1.84. The van der Waals surface area contributed by atoms with Gasteiger partial charge in [0.15, 0.2) is 0 Å². The van der Waals surface area contributed by atoms with Gasteiger partial charge in [0.05, 0.1) is 18.6 Å². The van der Waals surface area contributed by atoms with Crippen LogP contribution in [0.4, 0.5) is 0 Å². The number of carbonyl (C=O) groups is 2. The number of fused-ring (bicyclic) bond motifs is 2. The second-order valence-electron chi connectivity index (χ2n) is 4.07. The lowest BCUT2D eigenvalue weighted by Crippen LogP contribution is -2.39. The van der Waals surface area contributed by atoms with E-state index in [0.29, 0.717) is 22.9 Å². The Balaban J connectivity index is 2.09. The van der Waals surface area contributed by atoms with Gasteiger partial charge in [-0.25, -0.2) is 0 Å². The van der Waals surface area contributed by atoms with Gasteiger partial charge in [0.25, 0.3) is 5.91 Å². The third-order valence-electron chi connectivity index (χ3n) is 3.04. The molecule has 0 bridgehead atoms. The van der Waals surface area contributed by atoms with Gasteiger partial charge < -0.3 is 9.64 Å². The summed E-state index contributed by atoms with van der Waals surface area (Å²) in [6.07, 6.45) is 0. The van der Waals surface area contributed by atoms with E-state index in [1.165, 1.54) is 0 Å². The van der Waals surface area contributed by atoms with Crippen LogP contribution in [0.1, 0.15) is 10.4 Å². The maximum atomic E-state index is 12.4. The highest BCUT2D eigenvalue weighted by atomic mass is 32.2. The molecule has 1 aromatic carbocycles. The van der Waals surface area contributed by atoms with Crippen LogP contribution in [0.3, 0.4) is 0 Å². The van der Waals surface area contributed by atoms with Gasteiger partial charge >= 0.3 is 0 Å². The molecule has 4 nitrogen and oxygen atoms in total. The topological polar surface area (TPSA) is 46.6 Å². The number of rotatable bonds is 1.